The molecule has 104 valence electrons. The lowest BCUT2D eigenvalue weighted by molar-refractivity contribution is 0.0709. The molecule has 1 amide bonds. The standard InChI is InChI=1S/C12H17N3O3S/c1-2-15(9-4-6-19(17,18)8-9)12(16)10-7-14-5-3-11(10)13/h3,5,7,9H,2,4,6,8H2,1H3,(H2,13,14). The van der Waals surface area contributed by atoms with E-state index in [1.807, 2.05) is 6.92 Å². The first-order valence-electron chi connectivity index (χ1n) is 6.15. The molecule has 0 spiro atoms. The number of aromatic nitrogens is 1. The van der Waals surface area contributed by atoms with Gasteiger partial charge in [-0.05, 0) is 19.4 Å². The molecule has 0 aromatic carbocycles. The van der Waals surface area contributed by atoms with E-state index >= 15 is 0 Å². The van der Waals surface area contributed by atoms with Gasteiger partial charge in [-0.2, -0.15) is 0 Å². The highest BCUT2D eigenvalue weighted by atomic mass is 32.2. The van der Waals surface area contributed by atoms with E-state index in [4.69, 9.17) is 5.73 Å². The Morgan fingerprint density at radius 2 is 2.32 bits per heavy atom. The minimum absolute atomic E-state index is 0.0345. The number of rotatable bonds is 3. The van der Waals surface area contributed by atoms with Crippen molar-refractivity contribution in [2.75, 3.05) is 23.8 Å². The summed E-state index contributed by atoms with van der Waals surface area (Å²) in [6.45, 7) is 2.28. The second kappa shape index (κ2) is 5.16. The van der Waals surface area contributed by atoms with E-state index in [0.29, 0.717) is 24.2 Å². The highest BCUT2D eigenvalue weighted by Crippen LogP contribution is 2.21. The zero-order valence-corrected chi connectivity index (χ0v) is 11.6. The number of sulfone groups is 1. The van der Waals surface area contributed by atoms with E-state index in [1.54, 1.807) is 11.0 Å². The van der Waals surface area contributed by atoms with E-state index in [0.717, 1.165) is 0 Å². The Labute approximate surface area is 112 Å². The molecule has 2 rings (SSSR count). The van der Waals surface area contributed by atoms with Crippen molar-refractivity contribution < 1.29 is 13.2 Å². The van der Waals surface area contributed by atoms with Gasteiger partial charge < -0.3 is 10.6 Å². The van der Waals surface area contributed by atoms with Crippen molar-refractivity contribution in [3.05, 3.63) is 24.0 Å². The Morgan fingerprint density at radius 3 is 2.84 bits per heavy atom. The first kappa shape index (κ1) is 13.8. The van der Waals surface area contributed by atoms with Crippen molar-refractivity contribution in [3.63, 3.8) is 0 Å². The van der Waals surface area contributed by atoms with Crippen LogP contribution in [0.1, 0.15) is 23.7 Å². The van der Waals surface area contributed by atoms with Crippen LogP contribution in [0.25, 0.3) is 0 Å². The summed E-state index contributed by atoms with van der Waals surface area (Å²) in [4.78, 5) is 17.9. The molecule has 1 unspecified atom stereocenters. The molecule has 7 heteroatoms. The molecule has 1 fully saturated rings. The highest BCUT2D eigenvalue weighted by molar-refractivity contribution is 7.91. The van der Waals surface area contributed by atoms with Crippen molar-refractivity contribution in [2.24, 2.45) is 0 Å². The topological polar surface area (TPSA) is 93.4 Å². The molecule has 0 radical (unpaired) electrons. The van der Waals surface area contributed by atoms with Crippen LogP contribution in [0, 0.1) is 0 Å². The van der Waals surface area contributed by atoms with Crippen LogP contribution < -0.4 is 5.73 Å². The number of anilines is 1. The molecule has 0 saturated carbocycles. The average molecular weight is 283 g/mol. The maximum absolute atomic E-state index is 12.4. The van der Waals surface area contributed by atoms with Crippen LogP contribution in [0.3, 0.4) is 0 Å². The second-order valence-corrected chi connectivity index (χ2v) is 6.84. The van der Waals surface area contributed by atoms with E-state index < -0.39 is 9.84 Å². The molecule has 2 N–H and O–H groups in total. The van der Waals surface area contributed by atoms with Gasteiger partial charge in [-0.3, -0.25) is 9.78 Å². The van der Waals surface area contributed by atoms with E-state index in [2.05, 4.69) is 4.98 Å². The van der Waals surface area contributed by atoms with Gasteiger partial charge in [0.05, 0.1) is 17.1 Å². The number of carbonyl (C=O) groups is 1. The molecule has 1 aromatic heterocycles. The fraction of sp³-hybridized carbons (Fsp3) is 0.500. The Bertz CT molecular complexity index is 586. The van der Waals surface area contributed by atoms with Crippen molar-refractivity contribution in [1.82, 2.24) is 9.88 Å². The third kappa shape index (κ3) is 2.86. The maximum atomic E-state index is 12.4. The number of nitrogens with two attached hydrogens (primary N) is 1. The Kier molecular flexibility index (Phi) is 3.75. The number of nitrogen functional groups attached to an aromatic ring is 1. The third-order valence-corrected chi connectivity index (χ3v) is 5.09. The van der Waals surface area contributed by atoms with Crippen molar-refractivity contribution in [2.45, 2.75) is 19.4 Å². The Hall–Kier alpha value is -1.63. The maximum Gasteiger partial charge on any atom is 0.257 e. The van der Waals surface area contributed by atoms with Crippen LogP contribution in [0.15, 0.2) is 18.5 Å². The minimum Gasteiger partial charge on any atom is -0.398 e. The average Bonchev–Trinajstić information content (AvgIpc) is 2.71. The summed E-state index contributed by atoms with van der Waals surface area (Å²) < 4.78 is 23.0. The normalized spacial score (nSPS) is 21.2. The summed E-state index contributed by atoms with van der Waals surface area (Å²) in [7, 11) is -3.02. The van der Waals surface area contributed by atoms with Gasteiger partial charge in [-0.15, -0.1) is 0 Å². The van der Waals surface area contributed by atoms with Gasteiger partial charge in [0, 0.05) is 30.7 Å². The van der Waals surface area contributed by atoms with Crippen molar-refractivity contribution in [1.29, 1.82) is 0 Å². The molecular formula is C12H17N3O3S. The number of carbonyl (C=O) groups excluding carboxylic acids is 1. The number of hydrogen-bond acceptors (Lipinski definition) is 5. The van der Waals surface area contributed by atoms with Crippen LogP contribution in [-0.2, 0) is 9.84 Å². The predicted octanol–water partition coefficient (Wildman–Crippen LogP) is 0.313. The van der Waals surface area contributed by atoms with E-state index in [-0.39, 0.29) is 23.5 Å². The fourth-order valence-electron chi connectivity index (χ4n) is 2.33. The third-order valence-electron chi connectivity index (χ3n) is 3.34. The Morgan fingerprint density at radius 1 is 1.58 bits per heavy atom. The first-order valence-corrected chi connectivity index (χ1v) is 7.97. The number of pyridine rings is 1. The summed E-state index contributed by atoms with van der Waals surface area (Å²) in [5.74, 6) is -0.0771. The van der Waals surface area contributed by atoms with Gasteiger partial charge >= 0.3 is 0 Å². The quantitative estimate of drug-likeness (QED) is 0.862. The van der Waals surface area contributed by atoms with Crippen molar-refractivity contribution >= 4 is 21.4 Å². The summed E-state index contributed by atoms with van der Waals surface area (Å²) in [5, 5.41) is 0. The van der Waals surface area contributed by atoms with Gasteiger partial charge in [0.2, 0.25) is 0 Å². The molecule has 2 heterocycles. The van der Waals surface area contributed by atoms with Crippen LogP contribution in [0.4, 0.5) is 5.69 Å². The van der Waals surface area contributed by atoms with Crippen LogP contribution in [0.2, 0.25) is 0 Å². The van der Waals surface area contributed by atoms with Crippen LogP contribution in [0.5, 0.6) is 0 Å². The van der Waals surface area contributed by atoms with Gasteiger partial charge in [-0.1, -0.05) is 0 Å². The van der Waals surface area contributed by atoms with Gasteiger partial charge in [0.1, 0.15) is 0 Å². The first-order chi connectivity index (χ1) is 8.94. The Balaban J connectivity index is 2.24. The molecule has 1 aromatic rings. The van der Waals surface area contributed by atoms with Crippen LogP contribution in [-0.4, -0.2) is 48.3 Å². The predicted molar refractivity (Wildman–Crippen MR) is 72.4 cm³/mol. The fourth-order valence-corrected chi connectivity index (χ4v) is 4.06. The second-order valence-electron chi connectivity index (χ2n) is 4.61. The van der Waals surface area contributed by atoms with Gasteiger partial charge in [0.15, 0.2) is 9.84 Å². The SMILES string of the molecule is CCN(C(=O)c1cnccc1N)C1CCS(=O)(=O)C1. The lowest BCUT2D eigenvalue weighted by Crippen LogP contribution is -2.41. The largest absolute Gasteiger partial charge is 0.398 e. The molecule has 19 heavy (non-hydrogen) atoms. The molecule has 1 atom stereocenters. The lowest BCUT2D eigenvalue weighted by Gasteiger charge is -2.27. The summed E-state index contributed by atoms with van der Waals surface area (Å²) >= 11 is 0. The van der Waals surface area contributed by atoms with Gasteiger partial charge in [-0.25, -0.2) is 8.42 Å². The molecular weight excluding hydrogens is 266 g/mol. The summed E-state index contributed by atoms with van der Waals surface area (Å²) in [6.07, 6.45) is 3.42. The molecule has 1 aliphatic rings. The summed E-state index contributed by atoms with van der Waals surface area (Å²) in [5.41, 5.74) is 6.45. The van der Waals surface area contributed by atoms with E-state index in [9.17, 15) is 13.2 Å². The van der Waals surface area contributed by atoms with Gasteiger partial charge in [0.25, 0.3) is 5.91 Å². The van der Waals surface area contributed by atoms with Crippen molar-refractivity contribution in [3.8, 4) is 0 Å². The molecule has 0 aliphatic carbocycles. The lowest BCUT2D eigenvalue weighted by atomic mass is 10.1. The number of hydrogen-bond donors (Lipinski definition) is 1. The van der Waals surface area contributed by atoms with E-state index in [1.165, 1.54) is 12.4 Å². The zero-order valence-electron chi connectivity index (χ0n) is 10.7. The molecule has 0 bridgehead atoms. The minimum atomic E-state index is -3.02. The molecule has 1 saturated heterocycles. The number of amides is 1. The smallest absolute Gasteiger partial charge is 0.257 e. The van der Waals surface area contributed by atoms with Crippen LogP contribution >= 0.6 is 0 Å². The number of nitrogens with zero attached hydrogens (tertiary/aromatic N) is 2. The molecule has 1 aliphatic heterocycles. The zero-order chi connectivity index (χ0) is 14.0. The monoisotopic (exact) mass is 283 g/mol. The summed E-state index contributed by atoms with van der Waals surface area (Å²) in [6, 6.07) is 1.30. The molecule has 6 nitrogen and oxygen atoms in total. The highest BCUT2D eigenvalue weighted by Gasteiger charge is 2.34.